The third-order valence-corrected chi connectivity index (χ3v) is 6.16. The lowest BCUT2D eigenvalue weighted by atomic mass is 9.92. The molecule has 2 fully saturated rings. The summed E-state index contributed by atoms with van der Waals surface area (Å²) in [6.07, 6.45) is 2.11. The Morgan fingerprint density at radius 1 is 1.06 bits per heavy atom. The maximum Gasteiger partial charge on any atom is 0.323 e. The van der Waals surface area contributed by atoms with Crippen molar-refractivity contribution >= 4 is 23.5 Å². The number of aryl methyl sites for hydroxylation is 2. The van der Waals surface area contributed by atoms with Crippen LogP contribution < -0.4 is 16.4 Å². The zero-order chi connectivity index (χ0) is 23.5. The summed E-state index contributed by atoms with van der Waals surface area (Å²) in [5, 5.41) is 9.66. The molecule has 0 radical (unpaired) electrons. The third kappa shape index (κ3) is 5.16. The molecule has 1 atom stereocenters. The number of nitrogens with two attached hydrogens (primary N) is 1. The van der Waals surface area contributed by atoms with Gasteiger partial charge in [0.2, 0.25) is 0 Å². The van der Waals surface area contributed by atoms with Crippen LogP contribution in [0.1, 0.15) is 47.5 Å². The highest BCUT2D eigenvalue weighted by Crippen LogP contribution is 2.22. The quantitative estimate of drug-likeness (QED) is 0.647. The first-order chi connectivity index (χ1) is 15.8. The van der Waals surface area contributed by atoms with Gasteiger partial charge in [0.1, 0.15) is 5.76 Å². The van der Waals surface area contributed by atoms with E-state index in [0.29, 0.717) is 11.4 Å². The number of hydrogen-bond donors (Lipinski definition) is 3. The minimum absolute atomic E-state index is 0.0363. The molecule has 4 amide bonds. The third-order valence-electron chi connectivity index (χ3n) is 6.16. The van der Waals surface area contributed by atoms with Crippen molar-refractivity contribution in [3.63, 3.8) is 0 Å². The zero-order valence-electron chi connectivity index (χ0n) is 18.9. The fourth-order valence-corrected chi connectivity index (χ4v) is 4.41. The average Bonchev–Trinajstić information content (AvgIpc) is 3.41. The van der Waals surface area contributed by atoms with E-state index in [2.05, 4.69) is 15.8 Å². The lowest BCUT2D eigenvalue weighted by molar-refractivity contribution is -0.128. The van der Waals surface area contributed by atoms with Crippen LogP contribution in [0.25, 0.3) is 0 Å². The first-order valence-corrected chi connectivity index (χ1v) is 11.3. The minimum Gasteiger partial charge on any atom is -0.361 e. The second-order valence-corrected chi connectivity index (χ2v) is 8.81. The van der Waals surface area contributed by atoms with E-state index >= 15 is 0 Å². The second-order valence-electron chi connectivity index (χ2n) is 8.81. The molecule has 4 N–H and O–H groups in total. The smallest absolute Gasteiger partial charge is 0.323 e. The Morgan fingerprint density at radius 3 is 2.45 bits per heavy atom. The molecular weight excluding hydrogens is 424 g/mol. The Morgan fingerprint density at radius 2 is 1.79 bits per heavy atom. The van der Waals surface area contributed by atoms with Gasteiger partial charge >= 0.3 is 6.03 Å². The fraction of sp³-hybridized carbons (Fsp3) is 0.478. The maximum absolute atomic E-state index is 13.4. The highest BCUT2D eigenvalue weighted by atomic mass is 16.5. The first-order valence-electron chi connectivity index (χ1n) is 11.3. The number of rotatable bonds is 4. The van der Waals surface area contributed by atoms with Crippen LogP contribution in [-0.4, -0.2) is 64.1 Å². The first kappa shape index (κ1) is 22.8. The number of nitrogens with zero attached hydrogens (tertiary/aromatic N) is 3. The lowest BCUT2D eigenvalue weighted by Gasteiger charge is -2.32. The van der Waals surface area contributed by atoms with Crippen LogP contribution in [0.15, 0.2) is 34.9 Å². The summed E-state index contributed by atoms with van der Waals surface area (Å²) >= 11 is 0. The van der Waals surface area contributed by atoms with E-state index in [4.69, 9.17) is 10.3 Å². The predicted octanol–water partition coefficient (Wildman–Crippen LogP) is 1.99. The summed E-state index contributed by atoms with van der Waals surface area (Å²) in [6.45, 7) is 4.04. The number of hydrogen-bond acceptors (Lipinski definition) is 6. The van der Waals surface area contributed by atoms with E-state index < -0.39 is 18.1 Å². The predicted molar refractivity (Wildman–Crippen MR) is 121 cm³/mol. The van der Waals surface area contributed by atoms with E-state index in [9.17, 15) is 14.4 Å². The molecule has 176 valence electrons. The normalized spacial score (nSPS) is 22.8. The zero-order valence-corrected chi connectivity index (χ0v) is 18.9. The summed E-state index contributed by atoms with van der Waals surface area (Å²) in [7, 11) is 0. The van der Waals surface area contributed by atoms with Crippen LogP contribution in [0, 0.1) is 13.8 Å². The summed E-state index contributed by atoms with van der Waals surface area (Å²) in [5.74, 6) is -0.351. The summed E-state index contributed by atoms with van der Waals surface area (Å²) < 4.78 is 5.03. The SMILES string of the molecule is Cc1cccc(NC(=O)N2CCN(C(=O)c3cc(C)on3)C2C(=O)NC2CCC(N)CC2)c1. The van der Waals surface area contributed by atoms with E-state index in [1.54, 1.807) is 13.0 Å². The lowest BCUT2D eigenvalue weighted by Crippen LogP contribution is -2.56. The summed E-state index contributed by atoms with van der Waals surface area (Å²) in [4.78, 5) is 42.4. The van der Waals surface area contributed by atoms with Gasteiger partial charge in [-0.2, -0.15) is 0 Å². The number of aromatic nitrogens is 1. The molecule has 2 heterocycles. The van der Waals surface area contributed by atoms with Gasteiger partial charge in [-0.05, 0) is 57.2 Å². The molecule has 4 rings (SSSR count). The van der Waals surface area contributed by atoms with Crippen molar-refractivity contribution in [3.8, 4) is 0 Å². The molecule has 2 aromatic rings. The van der Waals surface area contributed by atoms with Gasteiger partial charge in [-0.1, -0.05) is 17.3 Å². The molecule has 1 aliphatic carbocycles. The number of amides is 4. The standard InChI is InChI=1S/C23H30N6O4/c1-14-4-3-5-18(12-14)26-23(32)29-11-10-28(22(31)19-13-15(2)33-27-19)21(29)20(30)25-17-8-6-16(24)7-9-17/h3-5,12-13,16-17,21H,6-11,24H2,1-2H3,(H,25,30)(H,26,32). The van der Waals surface area contributed by atoms with Crippen LogP contribution in [0.2, 0.25) is 0 Å². The van der Waals surface area contributed by atoms with Crippen LogP contribution in [0.4, 0.5) is 10.5 Å². The number of benzene rings is 1. The molecule has 1 unspecified atom stereocenters. The Hall–Kier alpha value is -3.40. The highest BCUT2D eigenvalue weighted by Gasteiger charge is 2.44. The summed E-state index contributed by atoms with van der Waals surface area (Å²) in [5.41, 5.74) is 7.71. The van der Waals surface area contributed by atoms with E-state index in [-0.39, 0.29) is 36.8 Å². The number of carbonyl (C=O) groups is 3. The number of carbonyl (C=O) groups excluding carboxylic acids is 3. The van der Waals surface area contributed by atoms with Gasteiger partial charge in [0.05, 0.1) is 0 Å². The Kier molecular flexibility index (Phi) is 6.64. The van der Waals surface area contributed by atoms with Gasteiger partial charge in [0.15, 0.2) is 11.9 Å². The maximum atomic E-state index is 13.4. The highest BCUT2D eigenvalue weighted by molar-refractivity contribution is 5.99. The van der Waals surface area contributed by atoms with Gasteiger partial charge in [-0.3, -0.25) is 14.5 Å². The molecule has 1 saturated carbocycles. The molecule has 0 bridgehead atoms. The van der Waals surface area contributed by atoms with Crippen LogP contribution >= 0.6 is 0 Å². The van der Waals surface area contributed by atoms with Crippen molar-refractivity contribution in [2.75, 3.05) is 18.4 Å². The average molecular weight is 455 g/mol. The van der Waals surface area contributed by atoms with Gasteiger partial charge in [0, 0.05) is 36.9 Å². The van der Waals surface area contributed by atoms with Gasteiger partial charge in [0.25, 0.3) is 11.8 Å². The van der Waals surface area contributed by atoms with Crippen molar-refractivity contribution in [3.05, 3.63) is 47.3 Å². The topological polar surface area (TPSA) is 134 Å². The molecular formula is C23H30N6O4. The monoisotopic (exact) mass is 454 g/mol. The Labute approximate surface area is 192 Å². The van der Waals surface area contributed by atoms with E-state index in [1.165, 1.54) is 15.9 Å². The van der Waals surface area contributed by atoms with E-state index in [1.807, 2.05) is 25.1 Å². The van der Waals surface area contributed by atoms with Crippen molar-refractivity contribution in [2.45, 2.75) is 57.8 Å². The fourth-order valence-electron chi connectivity index (χ4n) is 4.41. The molecule has 1 aromatic heterocycles. The van der Waals surface area contributed by atoms with Crippen molar-refractivity contribution in [1.82, 2.24) is 20.3 Å². The molecule has 1 aromatic carbocycles. The molecule has 10 heteroatoms. The molecule has 2 aliphatic rings. The molecule has 0 spiro atoms. The van der Waals surface area contributed by atoms with E-state index in [0.717, 1.165) is 31.2 Å². The van der Waals surface area contributed by atoms with Gasteiger partial charge in [-0.25, -0.2) is 4.79 Å². The Bertz CT molecular complexity index is 1030. The van der Waals surface area contributed by atoms with Crippen LogP contribution in [-0.2, 0) is 4.79 Å². The van der Waals surface area contributed by atoms with Crippen LogP contribution in [0.3, 0.4) is 0 Å². The molecule has 1 aliphatic heterocycles. The van der Waals surface area contributed by atoms with Crippen LogP contribution in [0.5, 0.6) is 0 Å². The van der Waals surface area contributed by atoms with Crippen molar-refractivity contribution < 1.29 is 18.9 Å². The molecule has 1 saturated heterocycles. The number of nitrogens with one attached hydrogen (secondary N) is 2. The van der Waals surface area contributed by atoms with Gasteiger partial charge < -0.3 is 25.8 Å². The summed E-state index contributed by atoms with van der Waals surface area (Å²) in [6, 6.07) is 8.58. The number of anilines is 1. The van der Waals surface area contributed by atoms with Crippen molar-refractivity contribution in [1.29, 1.82) is 0 Å². The van der Waals surface area contributed by atoms with Crippen molar-refractivity contribution in [2.24, 2.45) is 5.73 Å². The molecule has 33 heavy (non-hydrogen) atoms. The minimum atomic E-state index is -1.09. The Balaban J connectivity index is 1.54. The largest absolute Gasteiger partial charge is 0.361 e. The van der Waals surface area contributed by atoms with Gasteiger partial charge in [-0.15, -0.1) is 0 Å². The molecule has 10 nitrogen and oxygen atoms in total. The second kappa shape index (κ2) is 9.62. The number of urea groups is 1.